The summed E-state index contributed by atoms with van der Waals surface area (Å²) in [5.74, 6) is -1.29. The molecule has 6 heteroatoms. The highest BCUT2D eigenvalue weighted by molar-refractivity contribution is 5.82. The summed E-state index contributed by atoms with van der Waals surface area (Å²) >= 11 is 0. The summed E-state index contributed by atoms with van der Waals surface area (Å²) in [7, 11) is 1.46. The summed E-state index contributed by atoms with van der Waals surface area (Å²) in [6.07, 6.45) is 3.71. The van der Waals surface area contributed by atoms with E-state index >= 15 is 0 Å². The normalized spacial score (nSPS) is 10.5. The fraction of sp³-hybridized carbons (Fsp3) is 0.250. The highest BCUT2D eigenvalue weighted by atomic mass is 16.4. The van der Waals surface area contributed by atoms with Gasteiger partial charge in [-0.05, 0) is 12.1 Å². The minimum Gasteiger partial charge on any atom is -0.480 e. The molecule has 0 radical (unpaired) electrons. The molecule has 2 aromatic rings. The first kappa shape index (κ1) is 12.1. The van der Waals surface area contributed by atoms with Crippen molar-refractivity contribution < 1.29 is 14.7 Å². The van der Waals surface area contributed by atoms with Crippen LogP contribution in [0, 0.1) is 0 Å². The van der Waals surface area contributed by atoms with E-state index in [2.05, 4.69) is 4.98 Å². The van der Waals surface area contributed by atoms with Crippen LogP contribution in [0.4, 0.5) is 0 Å². The van der Waals surface area contributed by atoms with Gasteiger partial charge in [-0.3, -0.25) is 9.59 Å². The zero-order chi connectivity index (χ0) is 13.1. The smallest absolute Gasteiger partial charge is 0.323 e. The van der Waals surface area contributed by atoms with Crippen molar-refractivity contribution in [3.8, 4) is 0 Å². The van der Waals surface area contributed by atoms with E-state index in [1.54, 1.807) is 6.20 Å². The van der Waals surface area contributed by atoms with Gasteiger partial charge in [-0.25, -0.2) is 4.98 Å². The topological polar surface area (TPSA) is 74.9 Å². The van der Waals surface area contributed by atoms with Crippen LogP contribution < -0.4 is 0 Å². The van der Waals surface area contributed by atoms with Crippen LogP contribution >= 0.6 is 0 Å². The van der Waals surface area contributed by atoms with Gasteiger partial charge in [-0.15, -0.1) is 0 Å². The third-order valence-corrected chi connectivity index (χ3v) is 2.54. The van der Waals surface area contributed by atoms with Gasteiger partial charge in [-0.2, -0.15) is 0 Å². The predicted molar refractivity (Wildman–Crippen MR) is 64.2 cm³/mol. The highest BCUT2D eigenvalue weighted by Gasteiger charge is 2.14. The summed E-state index contributed by atoms with van der Waals surface area (Å²) in [6.45, 7) is -0.299. The number of nitrogens with zero attached hydrogens (tertiary/aromatic N) is 3. The number of hydrogen-bond donors (Lipinski definition) is 1. The number of carbonyl (C=O) groups excluding carboxylic acids is 1. The van der Waals surface area contributed by atoms with Gasteiger partial charge in [0.15, 0.2) is 0 Å². The molecular weight excluding hydrogens is 234 g/mol. The van der Waals surface area contributed by atoms with Gasteiger partial charge in [0.05, 0.1) is 12.1 Å². The molecule has 2 heterocycles. The average molecular weight is 247 g/mol. The van der Waals surface area contributed by atoms with E-state index in [1.807, 2.05) is 28.8 Å². The predicted octanol–water partition coefficient (Wildman–Crippen LogP) is 0.420. The van der Waals surface area contributed by atoms with Crippen molar-refractivity contribution in [1.29, 1.82) is 0 Å². The first-order valence-corrected chi connectivity index (χ1v) is 5.44. The summed E-state index contributed by atoms with van der Waals surface area (Å²) < 4.78 is 1.82. The molecule has 6 nitrogen and oxygen atoms in total. The first-order chi connectivity index (χ1) is 8.56. The number of pyridine rings is 1. The maximum atomic E-state index is 11.7. The van der Waals surface area contributed by atoms with Gasteiger partial charge >= 0.3 is 5.97 Å². The Kier molecular flexibility index (Phi) is 3.27. The minimum atomic E-state index is -1.03. The lowest BCUT2D eigenvalue weighted by Crippen LogP contribution is -2.33. The molecule has 0 saturated carbocycles. The van der Waals surface area contributed by atoms with Crippen LogP contribution in [0.3, 0.4) is 0 Å². The SMILES string of the molecule is CN(CC(=O)O)C(=O)Cc1cn2ccccc2n1. The van der Waals surface area contributed by atoms with Gasteiger partial charge in [0.2, 0.25) is 5.91 Å². The number of amides is 1. The standard InChI is InChI=1S/C12H13N3O3/c1-14(8-12(17)18)11(16)6-9-7-15-5-3-2-4-10(15)13-9/h2-5,7H,6,8H2,1H3,(H,17,18). The van der Waals surface area contributed by atoms with E-state index in [0.29, 0.717) is 5.69 Å². The number of hydrogen-bond acceptors (Lipinski definition) is 3. The Hall–Kier alpha value is -2.37. The molecule has 94 valence electrons. The fourth-order valence-corrected chi connectivity index (χ4v) is 1.65. The lowest BCUT2D eigenvalue weighted by atomic mass is 10.3. The van der Waals surface area contributed by atoms with Gasteiger partial charge in [0, 0.05) is 19.4 Å². The Morgan fingerprint density at radius 2 is 2.22 bits per heavy atom. The van der Waals surface area contributed by atoms with Crippen LogP contribution in [0.2, 0.25) is 0 Å². The summed E-state index contributed by atoms with van der Waals surface area (Å²) in [5.41, 5.74) is 1.39. The number of aromatic nitrogens is 2. The maximum Gasteiger partial charge on any atom is 0.323 e. The first-order valence-electron chi connectivity index (χ1n) is 5.44. The summed E-state index contributed by atoms with van der Waals surface area (Å²) in [5, 5.41) is 8.60. The molecule has 1 N–H and O–H groups in total. The van der Waals surface area contributed by atoms with E-state index in [0.717, 1.165) is 5.65 Å². The summed E-state index contributed by atoms with van der Waals surface area (Å²) in [4.78, 5) is 27.7. The molecule has 0 spiro atoms. The van der Waals surface area contributed by atoms with E-state index in [9.17, 15) is 9.59 Å². The van der Waals surface area contributed by atoms with Crippen molar-refractivity contribution >= 4 is 17.5 Å². The molecule has 0 aliphatic carbocycles. The zero-order valence-corrected chi connectivity index (χ0v) is 9.91. The highest BCUT2D eigenvalue weighted by Crippen LogP contribution is 2.06. The van der Waals surface area contributed by atoms with Crippen LogP contribution in [-0.2, 0) is 16.0 Å². The second kappa shape index (κ2) is 4.87. The number of rotatable bonds is 4. The van der Waals surface area contributed by atoms with Crippen LogP contribution in [0.15, 0.2) is 30.6 Å². The molecule has 0 atom stereocenters. The van der Waals surface area contributed by atoms with E-state index < -0.39 is 5.97 Å². The number of fused-ring (bicyclic) bond motifs is 1. The quantitative estimate of drug-likeness (QED) is 0.849. The van der Waals surface area contributed by atoms with Gasteiger partial charge in [-0.1, -0.05) is 6.07 Å². The maximum absolute atomic E-state index is 11.7. The number of likely N-dealkylation sites (N-methyl/N-ethyl adjacent to an activating group) is 1. The lowest BCUT2D eigenvalue weighted by molar-refractivity contribution is -0.143. The van der Waals surface area contributed by atoms with Crippen LogP contribution in [0.25, 0.3) is 5.65 Å². The van der Waals surface area contributed by atoms with Crippen LogP contribution in [-0.4, -0.2) is 44.9 Å². The zero-order valence-electron chi connectivity index (χ0n) is 9.91. The molecule has 0 unspecified atom stereocenters. The third-order valence-electron chi connectivity index (χ3n) is 2.54. The van der Waals surface area contributed by atoms with Gasteiger partial charge in [0.1, 0.15) is 12.2 Å². The Labute approximate surface area is 103 Å². The second-order valence-corrected chi connectivity index (χ2v) is 4.02. The number of carboxylic acids is 1. The Morgan fingerprint density at radius 3 is 2.89 bits per heavy atom. The lowest BCUT2D eigenvalue weighted by Gasteiger charge is -2.13. The fourth-order valence-electron chi connectivity index (χ4n) is 1.65. The number of imidazole rings is 1. The van der Waals surface area contributed by atoms with Crippen molar-refractivity contribution in [3.63, 3.8) is 0 Å². The van der Waals surface area contributed by atoms with E-state index in [-0.39, 0.29) is 18.9 Å². The average Bonchev–Trinajstić information content (AvgIpc) is 2.69. The minimum absolute atomic E-state index is 0.103. The molecular formula is C12H13N3O3. The van der Waals surface area contributed by atoms with Crippen molar-refractivity contribution in [2.45, 2.75) is 6.42 Å². The van der Waals surface area contributed by atoms with Crippen molar-refractivity contribution in [2.75, 3.05) is 13.6 Å². The molecule has 0 aliphatic heterocycles. The number of carboxylic acid groups (broad SMARTS) is 1. The molecule has 0 bridgehead atoms. The Bertz CT molecular complexity index is 558. The monoisotopic (exact) mass is 247 g/mol. The molecule has 2 aromatic heterocycles. The molecule has 0 saturated heterocycles. The molecule has 0 fully saturated rings. The van der Waals surface area contributed by atoms with E-state index in [1.165, 1.54) is 11.9 Å². The van der Waals surface area contributed by atoms with Crippen molar-refractivity contribution in [3.05, 3.63) is 36.3 Å². The van der Waals surface area contributed by atoms with Gasteiger partial charge < -0.3 is 14.4 Å². The second-order valence-electron chi connectivity index (χ2n) is 4.02. The summed E-state index contributed by atoms with van der Waals surface area (Å²) in [6, 6.07) is 5.58. The molecule has 0 aliphatic rings. The van der Waals surface area contributed by atoms with Crippen molar-refractivity contribution in [2.24, 2.45) is 0 Å². The van der Waals surface area contributed by atoms with Crippen molar-refractivity contribution in [1.82, 2.24) is 14.3 Å². The Morgan fingerprint density at radius 1 is 1.44 bits per heavy atom. The molecule has 18 heavy (non-hydrogen) atoms. The van der Waals surface area contributed by atoms with Crippen LogP contribution in [0.1, 0.15) is 5.69 Å². The third kappa shape index (κ3) is 2.65. The number of aliphatic carboxylic acids is 1. The van der Waals surface area contributed by atoms with Gasteiger partial charge in [0.25, 0.3) is 0 Å². The molecule has 0 aromatic carbocycles. The molecule has 1 amide bonds. The Balaban J connectivity index is 2.09. The largest absolute Gasteiger partial charge is 0.480 e. The molecule has 2 rings (SSSR count). The van der Waals surface area contributed by atoms with Crippen LogP contribution in [0.5, 0.6) is 0 Å². The number of carbonyl (C=O) groups is 2. The van der Waals surface area contributed by atoms with E-state index in [4.69, 9.17) is 5.11 Å².